The molecular formula is C14H12Cl2N2O2. The van der Waals surface area contributed by atoms with Gasteiger partial charge < -0.3 is 4.42 Å². The number of rotatable bonds is 3. The van der Waals surface area contributed by atoms with Crippen LogP contribution in [0.15, 0.2) is 40.0 Å². The standard InChI is InChI=1S/C14H12Cl2N2O2/c1-8(12-7-10(15)3-4-13(12)16)17-18-14(19)11-5-6-20-9(11)2/h3-7H,1-2H3,(H,18,19)/b17-8-. The molecular weight excluding hydrogens is 299 g/mol. The van der Waals surface area contributed by atoms with Crippen molar-refractivity contribution in [2.45, 2.75) is 13.8 Å². The van der Waals surface area contributed by atoms with Crippen molar-refractivity contribution in [3.63, 3.8) is 0 Å². The number of benzene rings is 1. The second kappa shape index (κ2) is 6.11. The normalized spacial score (nSPS) is 11.5. The number of carbonyl (C=O) groups excluding carboxylic acids is 1. The molecule has 0 spiro atoms. The molecule has 1 amide bonds. The number of hydrazone groups is 1. The highest BCUT2D eigenvalue weighted by Gasteiger charge is 2.11. The molecule has 0 fully saturated rings. The van der Waals surface area contributed by atoms with E-state index in [9.17, 15) is 4.79 Å². The van der Waals surface area contributed by atoms with Crippen LogP contribution in [0.1, 0.15) is 28.6 Å². The maximum absolute atomic E-state index is 11.9. The summed E-state index contributed by atoms with van der Waals surface area (Å²) in [6.45, 7) is 3.44. The number of amides is 1. The predicted molar refractivity (Wildman–Crippen MR) is 79.6 cm³/mol. The summed E-state index contributed by atoms with van der Waals surface area (Å²) in [6.07, 6.45) is 1.45. The fraction of sp³-hybridized carbons (Fsp3) is 0.143. The Morgan fingerprint density at radius 1 is 1.25 bits per heavy atom. The van der Waals surface area contributed by atoms with E-state index >= 15 is 0 Å². The van der Waals surface area contributed by atoms with Crippen molar-refractivity contribution in [3.05, 3.63) is 57.5 Å². The molecule has 0 aliphatic rings. The third kappa shape index (κ3) is 3.21. The summed E-state index contributed by atoms with van der Waals surface area (Å²) in [5.41, 5.74) is 4.13. The first-order valence-electron chi connectivity index (χ1n) is 5.83. The fourth-order valence-electron chi connectivity index (χ4n) is 1.65. The van der Waals surface area contributed by atoms with Gasteiger partial charge in [-0.3, -0.25) is 4.79 Å². The van der Waals surface area contributed by atoms with Gasteiger partial charge in [0.05, 0.1) is 17.5 Å². The highest BCUT2D eigenvalue weighted by atomic mass is 35.5. The number of furan rings is 1. The minimum atomic E-state index is -0.339. The van der Waals surface area contributed by atoms with Crippen molar-refractivity contribution < 1.29 is 9.21 Å². The fourth-order valence-corrected chi connectivity index (χ4v) is 2.08. The highest BCUT2D eigenvalue weighted by Crippen LogP contribution is 2.21. The first kappa shape index (κ1) is 14.6. The van der Waals surface area contributed by atoms with Gasteiger partial charge in [-0.15, -0.1) is 0 Å². The molecule has 0 saturated heterocycles. The molecule has 0 aliphatic heterocycles. The molecule has 0 saturated carbocycles. The molecule has 0 aliphatic carbocycles. The van der Waals surface area contributed by atoms with Crippen LogP contribution in [0.25, 0.3) is 0 Å². The van der Waals surface area contributed by atoms with E-state index in [2.05, 4.69) is 10.5 Å². The number of nitrogens with one attached hydrogen (secondary N) is 1. The average molecular weight is 311 g/mol. The van der Waals surface area contributed by atoms with Gasteiger partial charge in [0.15, 0.2) is 0 Å². The molecule has 0 radical (unpaired) electrons. The van der Waals surface area contributed by atoms with E-state index in [1.54, 1.807) is 38.1 Å². The maximum Gasteiger partial charge on any atom is 0.274 e. The molecule has 1 aromatic carbocycles. The Bertz CT molecular complexity index is 678. The van der Waals surface area contributed by atoms with Crippen LogP contribution in [0.3, 0.4) is 0 Å². The largest absolute Gasteiger partial charge is 0.469 e. The van der Waals surface area contributed by atoms with Gasteiger partial charge in [-0.25, -0.2) is 5.43 Å². The van der Waals surface area contributed by atoms with E-state index in [4.69, 9.17) is 27.6 Å². The summed E-state index contributed by atoms with van der Waals surface area (Å²) in [5, 5.41) is 5.10. The topological polar surface area (TPSA) is 54.6 Å². The smallest absolute Gasteiger partial charge is 0.274 e. The van der Waals surface area contributed by atoms with E-state index in [1.165, 1.54) is 6.26 Å². The van der Waals surface area contributed by atoms with Gasteiger partial charge in [0, 0.05) is 15.6 Å². The second-order valence-corrected chi connectivity index (χ2v) is 5.00. The first-order chi connectivity index (χ1) is 9.49. The number of hydrogen-bond donors (Lipinski definition) is 1. The molecule has 2 rings (SSSR count). The number of halogens is 2. The zero-order valence-electron chi connectivity index (χ0n) is 10.9. The Labute approximate surface area is 126 Å². The summed E-state index contributed by atoms with van der Waals surface area (Å²) in [6, 6.07) is 6.65. The third-order valence-electron chi connectivity index (χ3n) is 2.75. The predicted octanol–water partition coefficient (Wildman–Crippen LogP) is 4.05. The second-order valence-electron chi connectivity index (χ2n) is 4.15. The molecule has 0 atom stereocenters. The van der Waals surface area contributed by atoms with E-state index < -0.39 is 0 Å². The summed E-state index contributed by atoms with van der Waals surface area (Å²) >= 11 is 12.0. The van der Waals surface area contributed by atoms with Crippen LogP contribution in [0.2, 0.25) is 10.0 Å². The van der Waals surface area contributed by atoms with Gasteiger partial charge in [-0.2, -0.15) is 5.10 Å². The molecule has 6 heteroatoms. The van der Waals surface area contributed by atoms with Crippen LogP contribution in [-0.4, -0.2) is 11.6 Å². The highest BCUT2D eigenvalue weighted by molar-refractivity contribution is 6.36. The molecule has 1 N–H and O–H groups in total. The van der Waals surface area contributed by atoms with E-state index in [-0.39, 0.29) is 5.91 Å². The van der Waals surface area contributed by atoms with Gasteiger partial charge in [0.1, 0.15) is 5.76 Å². The van der Waals surface area contributed by atoms with Crippen LogP contribution in [-0.2, 0) is 0 Å². The Morgan fingerprint density at radius 2 is 2.00 bits per heavy atom. The van der Waals surface area contributed by atoms with Crippen LogP contribution in [0.5, 0.6) is 0 Å². The van der Waals surface area contributed by atoms with Crippen molar-refractivity contribution in [3.8, 4) is 0 Å². The number of carbonyl (C=O) groups is 1. The van der Waals surface area contributed by atoms with Gasteiger partial charge in [-0.1, -0.05) is 23.2 Å². The zero-order chi connectivity index (χ0) is 14.7. The zero-order valence-corrected chi connectivity index (χ0v) is 12.4. The van der Waals surface area contributed by atoms with Crippen LogP contribution < -0.4 is 5.43 Å². The molecule has 104 valence electrons. The summed E-state index contributed by atoms with van der Waals surface area (Å²) in [7, 11) is 0. The van der Waals surface area contributed by atoms with Crippen LogP contribution >= 0.6 is 23.2 Å². The van der Waals surface area contributed by atoms with Gasteiger partial charge >= 0.3 is 0 Å². The monoisotopic (exact) mass is 310 g/mol. The minimum Gasteiger partial charge on any atom is -0.469 e. The molecule has 4 nitrogen and oxygen atoms in total. The molecule has 20 heavy (non-hydrogen) atoms. The van der Waals surface area contributed by atoms with Gasteiger partial charge in [0.2, 0.25) is 0 Å². The minimum absolute atomic E-state index is 0.339. The number of aryl methyl sites for hydroxylation is 1. The lowest BCUT2D eigenvalue weighted by Crippen LogP contribution is -2.19. The molecule has 2 aromatic rings. The van der Waals surface area contributed by atoms with Crippen molar-refractivity contribution in [2.24, 2.45) is 5.10 Å². The Morgan fingerprint density at radius 3 is 2.65 bits per heavy atom. The van der Waals surface area contributed by atoms with Crippen LogP contribution in [0, 0.1) is 6.92 Å². The lowest BCUT2D eigenvalue weighted by molar-refractivity contribution is 0.0953. The van der Waals surface area contributed by atoms with E-state index in [0.29, 0.717) is 32.6 Å². The van der Waals surface area contributed by atoms with Crippen molar-refractivity contribution in [2.75, 3.05) is 0 Å². The molecule has 1 heterocycles. The first-order valence-corrected chi connectivity index (χ1v) is 6.59. The molecule has 1 aromatic heterocycles. The van der Waals surface area contributed by atoms with E-state index in [0.717, 1.165) is 0 Å². The SMILES string of the molecule is C/C(=N/NC(=O)c1ccoc1C)c1cc(Cl)ccc1Cl. The Hall–Kier alpha value is -1.78. The number of hydrogen-bond acceptors (Lipinski definition) is 3. The summed E-state index contributed by atoms with van der Waals surface area (Å²) in [4.78, 5) is 11.9. The third-order valence-corrected chi connectivity index (χ3v) is 3.31. The van der Waals surface area contributed by atoms with Crippen molar-refractivity contribution in [1.29, 1.82) is 0 Å². The van der Waals surface area contributed by atoms with Crippen LogP contribution in [0.4, 0.5) is 0 Å². The van der Waals surface area contributed by atoms with Crippen molar-refractivity contribution >= 4 is 34.8 Å². The lowest BCUT2D eigenvalue weighted by atomic mass is 10.1. The van der Waals surface area contributed by atoms with Crippen molar-refractivity contribution in [1.82, 2.24) is 5.43 Å². The molecule has 0 bridgehead atoms. The quantitative estimate of drug-likeness (QED) is 0.687. The Kier molecular flexibility index (Phi) is 4.47. The van der Waals surface area contributed by atoms with E-state index in [1.807, 2.05) is 0 Å². The summed E-state index contributed by atoms with van der Waals surface area (Å²) < 4.78 is 5.06. The van der Waals surface area contributed by atoms with Gasteiger partial charge in [-0.05, 0) is 38.1 Å². The van der Waals surface area contributed by atoms with Gasteiger partial charge in [0.25, 0.3) is 5.91 Å². The lowest BCUT2D eigenvalue weighted by Gasteiger charge is -2.05. The average Bonchev–Trinajstić information content (AvgIpc) is 2.84. The Balaban J connectivity index is 2.17. The number of nitrogens with zero attached hydrogens (tertiary/aromatic N) is 1. The molecule has 0 unspecified atom stereocenters. The summed E-state index contributed by atoms with van der Waals surface area (Å²) in [5.74, 6) is 0.199. The maximum atomic E-state index is 11.9.